The molecule has 0 amide bonds. The second kappa shape index (κ2) is 8.39. The van der Waals surface area contributed by atoms with Crippen molar-refractivity contribution < 1.29 is 26.7 Å². The van der Waals surface area contributed by atoms with Crippen molar-refractivity contribution in [1.82, 2.24) is 4.72 Å². The van der Waals surface area contributed by atoms with E-state index in [0.717, 1.165) is 17.4 Å². The maximum Gasteiger partial charge on any atom is 0.321 e. The molecule has 0 aliphatic rings. The van der Waals surface area contributed by atoms with Crippen molar-refractivity contribution in [2.24, 2.45) is 0 Å². The van der Waals surface area contributed by atoms with Crippen molar-refractivity contribution in [3.63, 3.8) is 0 Å². The molecular formula is C17H18ClNO6S2. The van der Waals surface area contributed by atoms with E-state index in [0.29, 0.717) is 5.02 Å². The van der Waals surface area contributed by atoms with E-state index in [9.17, 15) is 21.6 Å². The van der Waals surface area contributed by atoms with Crippen molar-refractivity contribution in [2.75, 3.05) is 12.0 Å². The van der Waals surface area contributed by atoms with Crippen LogP contribution in [-0.4, -0.2) is 46.0 Å². The summed E-state index contributed by atoms with van der Waals surface area (Å²) < 4.78 is 49.3. The number of sulfonamides is 1. The first-order chi connectivity index (χ1) is 12.5. The number of carboxylic acids is 1. The number of halogens is 1. The van der Waals surface area contributed by atoms with Crippen LogP contribution in [0.2, 0.25) is 5.02 Å². The Kier molecular flexibility index (Phi) is 6.63. The lowest BCUT2D eigenvalue weighted by Gasteiger charge is -2.14. The number of sulfone groups is 1. The Morgan fingerprint density at radius 3 is 1.93 bits per heavy atom. The van der Waals surface area contributed by atoms with E-state index in [-0.39, 0.29) is 11.3 Å². The van der Waals surface area contributed by atoms with E-state index in [2.05, 4.69) is 0 Å². The SMILES string of the molecule is CS(=O)(=O)CC[C@H](NS(=O)(=O)c1ccc(-c2ccc(Cl)cc2)cc1)C(=O)O. The number of nitrogens with one attached hydrogen (secondary N) is 1. The van der Waals surface area contributed by atoms with Crippen molar-refractivity contribution in [2.45, 2.75) is 17.4 Å². The first-order valence-corrected chi connectivity index (χ1v) is 11.7. The topological polar surface area (TPSA) is 118 Å². The van der Waals surface area contributed by atoms with Crippen LogP contribution in [0.4, 0.5) is 0 Å². The average Bonchev–Trinajstić information content (AvgIpc) is 2.58. The van der Waals surface area contributed by atoms with E-state index in [1.54, 1.807) is 36.4 Å². The van der Waals surface area contributed by atoms with E-state index in [1.807, 2.05) is 4.72 Å². The second-order valence-corrected chi connectivity index (χ2v) is 10.4. The van der Waals surface area contributed by atoms with Gasteiger partial charge in [-0.3, -0.25) is 4.79 Å². The standard InChI is InChI=1S/C17H18ClNO6S2/c1-26(22,23)11-10-16(17(20)21)19-27(24,25)15-8-4-13(5-9-15)12-2-6-14(18)7-3-12/h2-9,16,19H,10-11H2,1H3,(H,20,21)/t16-/m0/s1. The Balaban J connectivity index is 2.19. The summed E-state index contributed by atoms with van der Waals surface area (Å²) in [5, 5.41) is 9.74. The summed E-state index contributed by atoms with van der Waals surface area (Å²) in [6.45, 7) is 0. The Morgan fingerprint density at radius 2 is 1.48 bits per heavy atom. The Hall–Kier alpha value is -1.94. The highest BCUT2D eigenvalue weighted by Gasteiger charge is 2.26. The smallest absolute Gasteiger partial charge is 0.321 e. The van der Waals surface area contributed by atoms with Crippen LogP contribution in [0, 0.1) is 0 Å². The van der Waals surface area contributed by atoms with Gasteiger partial charge >= 0.3 is 5.97 Å². The number of aliphatic carboxylic acids is 1. The third-order valence-corrected chi connectivity index (χ3v) is 6.43. The van der Waals surface area contributed by atoms with E-state index >= 15 is 0 Å². The molecule has 0 aliphatic heterocycles. The van der Waals surface area contributed by atoms with E-state index in [1.165, 1.54) is 12.1 Å². The van der Waals surface area contributed by atoms with Crippen molar-refractivity contribution in [3.05, 3.63) is 53.6 Å². The number of hydrogen-bond acceptors (Lipinski definition) is 5. The molecule has 2 N–H and O–H groups in total. The molecule has 0 spiro atoms. The highest BCUT2D eigenvalue weighted by atomic mass is 35.5. The quantitative estimate of drug-likeness (QED) is 0.661. The van der Waals surface area contributed by atoms with E-state index < -0.39 is 37.6 Å². The van der Waals surface area contributed by atoms with Gasteiger partial charge in [-0.25, -0.2) is 16.8 Å². The van der Waals surface area contributed by atoms with Crippen LogP contribution in [0.3, 0.4) is 0 Å². The molecule has 0 unspecified atom stereocenters. The maximum atomic E-state index is 12.4. The fourth-order valence-electron chi connectivity index (χ4n) is 2.29. The first kappa shape index (κ1) is 21.4. The summed E-state index contributed by atoms with van der Waals surface area (Å²) in [6.07, 6.45) is 0.589. The molecule has 0 aliphatic carbocycles. The second-order valence-electron chi connectivity index (χ2n) is 5.96. The van der Waals surface area contributed by atoms with Crippen molar-refractivity contribution in [3.8, 4) is 11.1 Å². The highest BCUT2D eigenvalue weighted by molar-refractivity contribution is 7.90. The molecule has 0 aromatic heterocycles. The molecule has 2 rings (SSSR count). The number of carbonyl (C=O) groups is 1. The predicted octanol–water partition coefficient (Wildman–Crippen LogP) is 2.17. The van der Waals surface area contributed by atoms with Gasteiger partial charge in [-0.1, -0.05) is 35.9 Å². The zero-order valence-corrected chi connectivity index (χ0v) is 16.7. The molecule has 7 nitrogen and oxygen atoms in total. The normalized spacial score (nSPS) is 13.3. The molecular weight excluding hydrogens is 414 g/mol. The van der Waals surface area contributed by atoms with Gasteiger partial charge in [0.25, 0.3) is 0 Å². The third kappa shape index (κ3) is 6.31. The molecule has 1 atom stereocenters. The average molecular weight is 432 g/mol. The molecule has 0 saturated carbocycles. The van der Waals surface area contributed by atoms with Gasteiger partial charge in [-0.15, -0.1) is 0 Å². The maximum absolute atomic E-state index is 12.4. The molecule has 0 heterocycles. The van der Waals surface area contributed by atoms with Crippen molar-refractivity contribution >= 4 is 37.4 Å². The largest absolute Gasteiger partial charge is 0.480 e. The summed E-state index contributed by atoms with van der Waals surface area (Å²) in [4.78, 5) is 11.1. The highest BCUT2D eigenvalue weighted by Crippen LogP contribution is 2.23. The van der Waals surface area contributed by atoms with Gasteiger partial charge in [0, 0.05) is 11.3 Å². The number of rotatable bonds is 8. The van der Waals surface area contributed by atoms with Crippen LogP contribution >= 0.6 is 11.6 Å². The van der Waals surface area contributed by atoms with E-state index in [4.69, 9.17) is 16.7 Å². The molecule has 0 fully saturated rings. The fourth-order valence-corrected chi connectivity index (χ4v) is 4.30. The van der Waals surface area contributed by atoms with Crippen LogP contribution in [0.1, 0.15) is 6.42 Å². The Morgan fingerprint density at radius 1 is 1.00 bits per heavy atom. The van der Waals surface area contributed by atoms with Gasteiger partial charge in [0.1, 0.15) is 15.9 Å². The minimum Gasteiger partial charge on any atom is -0.480 e. The summed E-state index contributed by atoms with van der Waals surface area (Å²) in [5.74, 6) is -1.89. The molecule has 2 aromatic rings. The molecule has 0 saturated heterocycles. The van der Waals surface area contributed by atoms with Gasteiger partial charge in [0.05, 0.1) is 10.6 Å². The molecule has 146 valence electrons. The van der Waals surface area contributed by atoms with Gasteiger partial charge < -0.3 is 5.11 Å². The van der Waals surface area contributed by atoms with Gasteiger partial charge in [-0.2, -0.15) is 4.72 Å². The van der Waals surface area contributed by atoms with Gasteiger partial charge in [0.2, 0.25) is 10.0 Å². The third-order valence-electron chi connectivity index (χ3n) is 3.71. The van der Waals surface area contributed by atoms with Gasteiger partial charge in [0.15, 0.2) is 0 Å². The molecule has 2 aromatic carbocycles. The lowest BCUT2D eigenvalue weighted by molar-refractivity contribution is -0.139. The van der Waals surface area contributed by atoms with Crippen LogP contribution in [-0.2, 0) is 24.7 Å². The first-order valence-electron chi connectivity index (χ1n) is 7.77. The predicted molar refractivity (Wildman–Crippen MR) is 103 cm³/mol. The lowest BCUT2D eigenvalue weighted by Crippen LogP contribution is -2.41. The Labute approximate surface area is 163 Å². The van der Waals surface area contributed by atoms with Gasteiger partial charge in [-0.05, 0) is 41.8 Å². The minimum atomic E-state index is -4.12. The monoisotopic (exact) mass is 431 g/mol. The number of benzene rings is 2. The van der Waals surface area contributed by atoms with Crippen LogP contribution in [0.25, 0.3) is 11.1 Å². The lowest BCUT2D eigenvalue weighted by atomic mass is 10.1. The van der Waals surface area contributed by atoms with Crippen LogP contribution in [0.5, 0.6) is 0 Å². The van der Waals surface area contributed by atoms with Crippen LogP contribution in [0.15, 0.2) is 53.4 Å². The number of hydrogen-bond donors (Lipinski definition) is 2. The summed E-state index contributed by atoms with van der Waals surface area (Å²) in [7, 11) is -7.54. The number of carboxylic acid groups (broad SMARTS) is 1. The zero-order valence-electron chi connectivity index (χ0n) is 14.3. The Bertz CT molecular complexity index is 1020. The summed E-state index contributed by atoms with van der Waals surface area (Å²) in [5.41, 5.74) is 1.60. The van der Waals surface area contributed by atoms with Crippen LogP contribution < -0.4 is 4.72 Å². The molecule has 0 bridgehead atoms. The zero-order chi connectivity index (χ0) is 20.2. The fraction of sp³-hybridized carbons (Fsp3) is 0.235. The molecule has 0 radical (unpaired) electrons. The molecule has 10 heteroatoms. The summed E-state index contributed by atoms with van der Waals surface area (Å²) in [6, 6.07) is 11.3. The molecule has 27 heavy (non-hydrogen) atoms. The minimum absolute atomic E-state index is 0.120. The summed E-state index contributed by atoms with van der Waals surface area (Å²) >= 11 is 5.84. The van der Waals surface area contributed by atoms with Crippen molar-refractivity contribution in [1.29, 1.82) is 0 Å².